The van der Waals surface area contributed by atoms with Gasteiger partial charge in [0, 0.05) is 11.1 Å². The Labute approximate surface area is 300 Å². The zero-order valence-electron chi connectivity index (χ0n) is 28.7. The van der Waals surface area contributed by atoms with Gasteiger partial charge in [-0.1, -0.05) is 60.7 Å². The summed E-state index contributed by atoms with van der Waals surface area (Å²) >= 11 is 0. The summed E-state index contributed by atoms with van der Waals surface area (Å²) in [5.74, 6) is 2.74. The van der Waals surface area contributed by atoms with E-state index >= 15 is 0 Å². The lowest BCUT2D eigenvalue weighted by Gasteiger charge is -2.33. The molecule has 0 saturated heterocycles. The van der Waals surface area contributed by atoms with Crippen LogP contribution in [0.15, 0.2) is 168 Å². The Morgan fingerprint density at radius 1 is 0.442 bits per heavy atom. The minimum Gasteiger partial charge on any atom is -0.481 e. The molecule has 0 bridgehead atoms. The van der Waals surface area contributed by atoms with Crippen molar-refractivity contribution in [1.29, 1.82) is 0 Å². The van der Waals surface area contributed by atoms with Gasteiger partial charge >= 0.3 is 6.18 Å². The van der Waals surface area contributed by atoms with Crippen LogP contribution in [-0.2, 0) is 14.9 Å². The zero-order valence-corrected chi connectivity index (χ0v) is 28.7. The molecule has 262 valence electrons. The average Bonchev–Trinajstić information content (AvgIpc) is 3.18. The number of hydrogen-bond donors (Lipinski definition) is 0. The molecule has 0 atom stereocenters. The first-order valence-corrected chi connectivity index (χ1v) is 16.4. The van der Waals surface area contributed by atoms with Crippen molar-refractivity contribution in [3.8, 4) is 23.0 Å². The predicted octanol–water partition coefficient (Wildman–Crippen LogP) is 11.6. The lowest BCUT2D eigenvalue weighted by Crippen LogP contribution is -2.40. The lowest BCUT2D eigenvalue weighted by atomic mass is 9.75. The number of aliphatic imine (C=N–C) groups is 2. The molecule has 0 heterocycles. The second kappa shape index (κ2) is 15.7. The highest BCUT2D eigenvalue weighted by molar-refractivity contribution is 5.96. The summed E-state index contributed by atoms with van der Waals surface area (Å²) in [7, 11) is 3.12. The third kappa shape index (κ3) is 8.16. The second-order valence-corrected chi connectivity index (χ2v) is 11.8. The Balaban J connectivity index is 1.13. The fraction of sp³-hybridized carbons (Fsp3) is 0.116. The fourth-order valence-corrected chi connectivity index (χ4v) is 5.51. The van der Waals surface area contributed by atoms with Crippen molar-refractivity contribution in [3.63, 3.8) is 0 Å². The van der Waals surface area contributed by atoms with Crippen molar-refractivity contribution in [1.82, 2.24) is 0 Å². The molecule has 0 fully saturated rings. The van der Waals surface area contributed by atoms with Crippen LogP contribution in [0.25, 0.3) is 0 Å². The Hall–Kier alpha value is -6.35. The maximum absolute atomic E-state index is 14.8. The molecule has 0 aromatic heterocycles. The van der Waals surface area contributed by atoms with Gasteiger partial charge in [-0.25, -0.2) is 9.98 Å². The molecular weight excluding hydrogens is 665 g/mol. The molecule has 0 spiro atoms. The molecule has 52 heavy (non-hydrogen) atoms. The van der Waals surface area contributed by atoms with E-state index in [2.05, 4.69) is 9.98 Å². The van der Waals surface area contributed by atoms with Gasteiger partial charge in [-0.3, -0.25) is 0 Å². The molecule has 6 aromatic carbocycles. The summed E-state index contributed by atoms with van der Waals surface area (Å²) in [5, 5.41) is 0. The summed E-state index contributed by atoms with van der Waals surface area (Å²) < 4.78 is 67.2. The molecule has 9 heteroatoms. The van der Waals surface area contributed by atoms with Crippen LogP contribution < -0.4 is 9.47 Å². The topological polar surface area (TPSA) is 61.6 Å². The lowest BCUT2D eigenvalue weighted by molar-refractivity contribution is -0.173. The van der Waals surface area contributed by atoms with E-state index < -0.39 is 11.6 Å². The molecular formula is C43H35F3N2O4. The third-order valence-electron chi connectivity index (χ3n) is 8.46. The molecule has 6 rings (SSSR count). The first-order chi connectivity index (χ1) is 25.2. The number of rotatable bonds is 10. The maximum Gasteiger partial charge on any atom is 0.402 e. The van der Waals surface area contributed by atoms with Crippen molar-refractivity contribution >= 4 is 23.2 Å². The van der Waals surface area contributed by atoms with Crippen LogP contribution >= 0.6 is 0 Å². The van der Waals surface area contributed by atoms with Gasteiger partial charge in [0.15, 0.2) is 0 Å². The van der Waals surface area contributed by atoms with Crippen LogP contribution in [0.2, 0.25) is 0 Å². The summed E-state index contributed by atoms with van der Waals surface area (Å²) in [4.78, 5) is 9.10. The number of alkyl halides is 3. The van der Waals surface area contributed by atoms with Gasteiger partial charge < -0.3 is 18.9 Å². The zero-order chi connectivity index (χ0) is 36.6. The highest BCUT2D eigenvalue weighted by atomic mass is 19.4. The van der Waals surface area contributed by atoms with E-state index in [1.807, 2.05) is 60.7 Å². The monoisotopic (exact) mass is 700 g/mol. The highest BCUT2D eigenvalue weighted by Crippen LogP contribution is 2.47. The van der Waals surface area contributed by atoms with Crippen LogP contribution in [0.5, 0.6) is 23.0 Å². The summed E-state index contributed by atoms with van der Waals surface area (Å²) in [6.45, 7) is 1.17. The number of hydrogen-bond acceptors (Lipinski definition) is 6. The van der Waals surface area contributed by atoms with Crippen LogP contribution in [0, 0.1) is 0 Å². The van der Waals surface area contributed by atoms with E-state index in [-0.39, 0.29) is 11.1 Å². The Morgan fingerprint density at radius 3 is 1.04 bits per heavy atom. The normalized spacial score (nSPS) is 12.3. The van der Waals surface area contributed by atoms with Gasteiger partial charge in [0.1, 0.15) is 28.4 Å². The molecule has 0 N–H and O–H groups in total. The molecule has 0 saturated carbocycles. The minimum atomic E-state index is -4.59. The van der Waals surface area contributed by atoms with E-state index in [1.54, 1.807) is 62.8 Å². The largest absolute Gasteiger partial charge is 0.481 e. The number of methoxy groups -OCH3 is 2. The van der Waals surface area contributed by atoms with Gasteiger partial charge in [0.05, 0.1) is 25.6 Å². The Kier molecular flexibility index (Phi) is 10.7. The molecule has 0 aliphatic carbocycles. The quantitative estimate of drug-likeness (QED) is 0.105. The number of halogens is 3. The number of ether oxygens (including phenoxy) is 4. The number of benzene rings is 6. The summed E-state index contributed by atoms with van der Waals surface area (Å²) in [6.07, 6.45) is -4.59. The van der Waals surface area contributed by atoms with E-state index in [9.17, 15) is 13.2 Å². The molecule has 0 amide bonds. The second-order valence-electron chi connectivity index (χ2n) is 11.8. The predicted molar refractivity (Wildman–Crippen MR) is 198 cm³/mol. The Morgan fingerprint density at radius 2 is 0.750 bits per heavy atom. The number of nitrogens with zero attached hydrogens (tertiary/aromatic N) is 2. The van der Waals surface area contributed by atoms with Gasteiger partial charge in [-0.15, -0.1) is 0 Å². The van der Waals surface area contributed by atoms with E-state index in [1.165, 1.54) is 55.5 Å². The van der Waals surface area contributed by atoms with E-state index in [4.69, 9.17) is 18.9 Å². The van der Waals surface area contributed by atoms with Crippen LogP contribution in [0.1, 0.15) is 29.2 Å². The van der Waals surface area contributed by atoms with Crippen LogP contribution in [0.4, 0.5) is 24.5 Å². The molecule has 0 radical (unpaired) electrons. The maximum atomic E-state index is 14.8. The fourth-order valence-electron chi connectivity index (χ4n) is 5.51. The van der Waals surface area contributed by atoms with Crippen molar-refractivity contribution in [2.75, 3.05) is 14.2 Å². The van der Waals surface area contributed by atoms with E-state index in [0.29, 0.717) is 46.2 Å². The van der Waals surface area contributed by atoms with Gasteiger partial charge in [-0.05, 0) is 115 Å². The minimum absolute atomic E-state index is 0.0702. The van der Waals surface area contributed by atoms with Crippen LogP contribution in [0.3, 0.4) is 0 Å². The first kappa shape index (κ1) is 35.5. The smallest absolute Gasteiger partial charge is 0.402 e. The SMILES string of the molecule is CO/C(=N\c1ccc(Oc2ccc(C(C)(c3ccc(Oc4ccc(/N=C(\OC)c5ccccc5)cc4)cc3)C(F)(F)F)cc2)cc1)c1ccccc1. The molecule has 0 unspecified atom stereocenters. The first-order valence-electron chi connectivity index (χ1n) is 16.4. The van der Waals surface area contributed by atoms with Crippen molar-refractivity contribution in [3.05, 3.63) is 180 Å². The molecule has 0 aliphatic heterocycles. The standard InChI is InChI=1S/C43H35F3N2O4/c1-42(43(44,45)46,32-14-22-36(23-15-32)51-38-26-18-34(19-27-38)47-40(49-2)30-10-6-4-7-11-30)33-16-24-37(25-17-33)52-39-28-20-35(21-29-39)48-41(50-3)31-12-8-5-9-13-31/h4-29H,1-3H3/b47-40-,48-41-. The third-order valence-corrected chi connectivity index (χ3v) is 8.46. The van der Waals surface area contributed by atoms with Gasteiger partial charge in [-0.2, -0.15) is 13.2 Å². The van der Waals surface area contributed by atoms with Crippen molar-refractivity contribution in [2.24, 2.45) is 9.98 Å². The van der Waals surface area contributed by atoms with Gasteiger partial charge in [0.2, 0.25) is 11.8 Å². The molecule has 6 nitrogen and oxygen atoms in total. The highest BCUT2D eigenvalue weighted by Gasteiger charge is 2.53. The van der Waals surface area contributed by atoms with Crippen molar-refractivity contribution < 1.29 is 32.1 Å². The molecule has 6 aromatic rings. The molecule has 0 aliphatic rings. The van der Waals surface area contributed by atoms with Crippen LogP contribution in [-0.4, -0.2) is 32.2 Å². The average molecular weight is 701 g/mol. The summed E-state index contributed by atoms with van der Waals surface area (Å²) in [5.41, 5.74) is 0.845. The van der Waals surface area contributed by atoms with Gasteiger partial charge in [0.25, 0.3) is 0 Å². The Bertz CT molecular complexity index is 1970. The van der Waals surface area contributed by atoms with Crippen molar-refractivity contribution in [2.45, 2.75) is 18.5 Å². The van der Waals surface area contributed by atoms with E-state index in [0.717, 1.165) is 11.1 Å². The summed E-state index contributed by atoms with van der Waals surface area (Å²) in [6, 6.07) is 45.0.